The van der Waals surface area contributed by atoms with Gasteiger partial charge in [-0.2, -0.15) is 5.10 Å². The fourth-order valence-electron chi connectivity index (χ4n) is 2.93. The highest BCUT2D eigenvalue weighted by molar-refractivity contribution is 5.97. The molecular formula is C19H24N4O2. The molecule has 1 aromatic heterocycles. The number of H-pyrrole nitrogens is 1. The summed E-state index contributed by atoms with van der Waals surface area (Å²) in [6, 6.07) is 1.88. The number of nitrogens with one attached hydrogen (secondary N) is 2. The Labute approximate surface area is 147 Å². The Balaban J connectivity index is 1.65. The van der Waals surface area contributed by atoms with Crippen molar-refractivity contribution >= 4 is 17.6 Å². The Hall–Kier alpha value is -2.63. The van der Waals surface area contributed by atoms with Gasteiger partial charge in [0.15, 0.2) is 5.82 Å². The summed E-state index contributed by atoms with van der Waals surface area (Å²) in [5.74, 6) is 0.466. The molecule has 2 N–H and O–H groups in total. The molecule has 1 unspecified atom stereocenters. The molecule has 2 amide bonds. The van der Waals surface area contributed by atoms with Gasteiger partial charge in [0.1, 0.15) is 0 Å². The van der Waals surface area contributed by atoms with E-state index in [9.17, 15) is 9.59 Å². The predicted molar refractivity (Wildman–Crippen MR) is 96.7 cm³/mol. The minimum Gasteiger partial charge on any atom is -0.312 e. The zero-order valence-corrected chi connectivity index (χ0v) is 14.7. The molecule has 0 spiro atoms. The largest absolute Gasteiger partial charge is 0.312 e. The molecule has 1 aliphatic carbocycles. The van der Waals surface area contributed by atoms with Gasteiger partial charge >= 0.3 is 0 Å². The SMILES string of the molecule is C=C/C(=C\C(C)=C/C)N1CC(C(=O)Nc2cc(C3CC3)[nH]n2)CC1=O. The van der Waals surface area contributed by atoms with Crippen LogP contribution in [-0.2, 0) is 9.59 Å². The smallest absolute Gasteiger partial charge is 0.231 e. The monoisotopic (exact) mass is 340 g/mol. The van der Waals surface area contributed by atoms with Crippen LogP contribution in [0.3, 0.4) is 0 Å². The molecule has 25 heavy (non-hydrogen) atoms. The van der Waals surface area contributed by atoms with Crippen molar-refractivity contribution in [3.05, 3.63) is 47.8 Å². The predicted octanol–water partition coefficient (Wildman–Crippen LogP) is 3.11. The second-order valence-corrected chi connectivity index (χ2v) is 6.68. The fourth-order valence-corrected chi connectivity index (χ4v) is 2.93. The first-order chi connectivity index (χ1) is 12.0. The van der Waals surface area contributed by atoms with E-state index in [0.717, 1.165) is 17.0 Å². The van der Waals surface area contributed by atoms with Crippen molar-refractivity contribution in [3.8, 4) is 0 Å². The highest BCUT2D eigenvalue weighted by Gasteiger charge is 2.36. The summed E-state index contributed by atoms with van der Waals surface area (Å²) in [5.41, 5.74) is 2.84. The van der Waals surface area contributed by atoms with Crippen LogP contribution in [0.2, 0.25) is 0 Å². The molecule has 0 bridgehead atoms. The molecule has 1 aromatic rings. The number of aromatic nitrogens is 2. The summed E-state index contributed by atoms with van der Waals surface area (Å²) >= 11 is 0. The third-order valence-corrected chi connectivity index (χ3v) is 4.71. The molecule has 1 saturated heterocycles. The second kappa shape index (κ2) is 7.09. The normalized spacial score (nSPS) is 21.6. The van der Waals surface area contributed by atoms with Crippen LogP contribution >= 0.6 is 0 Å². The molecule has 2 heterocycles. The zero-order chi connectivity index (χ0) is 18.0. The molecule has 6 heteroatoms. The maximum Gasteiger partial charge on any atom is 0.231 e. The number of hydrogen-bond acceptors (Lipinski definition) is 3. The van der Waals surface area contributed by atoms with E-state index >= 15 is 0 Å². The van der Waals surface area contributed by atoms with Gasteiger partial charge in [0.2, 0.25) is 11.8 Å². The number of nitrogens with zero attached hydrogens (tertiary/aromatic N) is 2. The molecular weight excluding hydrogens is 316 g/mol. The topological polar surface area (TPSA) is 78.1 Å². The number of carbonyl (C=O) groups is 2. The quantitative estimate of drug-likeness (QED) is 0.781. The molecule has 1 atom stereocenters. The maximum absolute atomic E-state index is 12.5. The molecule has 3 rings (SSSR count). The van der Waals surface area contributed by atoms with Gasteiger partial charge in [0.25, 0.3) is 0 Å². The number of allylic oxidation sites excluding steroid dienone is 4. The average molecular weight is 340 g/mol. The Bertz CT molecular complexity index is 755. The van der Waals surface area contributed by atoms with Crippen LogP contribution < -0.4 is 5.32 Å². The second-order valence-electron chi connectivity index (χ2n) is 6.68. The van der Waals surface area contributed by atoms with Crippen LogP contribution in [0.25, 0.3) is 0 Å². The van der Waals surface area contributed by atoms with Crippen LogP contribution in [0.1, 0.15) is 44.7 Å². The lowest BCUT2D eigenvalue weighted by atomic mass is 10.1. The van der Waals surface area contributed by atoms with Crippen LogP contribution in [0.5, 0.6) is 0 Å². The number of likely N-dealkylation sites (tertiary alicyclic amines) is 1. The lowest BCUT2D eigenvalue weighted by molar-refractivity contribution is -0.126. The lowest BCUT2D eigenvalue weighted by Crippen LogP contribution is -2.27. The lowest BCUT2D eigenvalue weighted by Gasteiger charge is -2.18. The Morgan fingerprint density at radius 1 is 1.48 bits per heavy atom. The first-order valence-electron chi connectivity index (χ1n) is 8.65. The van der Waals surface area contributed by atoms with Crippen molar-refractivity contribution in [3.63, 3.8) is 0 Å². The van der Waals surface area contributed by atoms with E-state index in [-0.39, 0.29) is 24.2 Å². The van der Waals surface area contributed by atoms with Gasteiger partial charge < -0.3 is 10.2 Å². The summed E-state index contributed by atoms with van der Waals surface area (Å²) in [5, 5.41) is 9.92. The summed E-state index contributed by atoms with van der Waals surface area (Å²) in [4.78, 5) is 26.4. The van der Waals surface area contributed by atoms with E-state index < -0.39 is 0 Å². The van der Waals surface area contributed by atoms with E-state index in [0.29, 0.717) is 18.3 Å². The first kappa shape index (κ1) is 17.2. The van der Waals surface area contributed by atoms with E-state index in [4.69, 9.17) is 0 Å². The van der Waals surface area contributed by atoms with Crippen LogP contribution in [-0.4, -0.2) is 33.5 Å². The van der Waals surface area contributed by atoms with E-state index in [1.165, 1.54) is 12.8 Å². The number of amides is 2. The number of rotatable bonds is 6. The van der Waals surface area contributed by atoms with Crippen molar-refractivity contribution in [2.24, 2.45) is 5.92 Å². The van der Waals surface area contributed by atoms with Crippen molar-refractivity contribution in [2.45, 2.75) is 39.0 Å². The zero-order valence-electron chi connectivity index (χ0n) is 14.7. The number of hydrogen-bond donors (Lipinski definition) is 2. The average Bonchev–Trinajstić information content (AvgIpc) is 3.23. The molecule has 2 fully saturated rings. The Morgan fingerprint density at radius 3 is 2.88 bits per heavy atom. The molecule has 2 aliphatic rings. The van der Waals surface area contributed by atoms with Crippen molar-refractivity contribution < 1.29 is 9.59 Å². The Kier molecular flexibility index (Phi) is 4.88. The molecule has 0 radical (unpaired) electrons. The van der Waals surface area contributed by atoms with Gasteiger partial charge in [0.05, 0.1) is 5.92 Å². The minimum absolute atomic E-state index is 0.0594. The van der Waals surface area contributed by atoms with Gasteiger partial charge in [-0.3, -0.25) is 14.7 Å². The van der Waals surface area contributed by atoms with Crippen LogP contribution in [0.15, 0.2) is 42.1 Å². The van der Waals surface area contributed by atoms with E-state index in [1.807, 2.05) is 32.1 Å². The van der Waals surface area contributed by atoms with Crippen LogP contribution in [0, 0.1) is 5.92 Å². The molecule has 1 aliphatic heterocycles. The van der Waals surface area contributed by atoms with Crippen molar-refractivity contribution in [2.75, 3.05) is 11.9 Å². The summed E-state index contributed by atoms with van der Waals surface area (Å²) in [7, 11) is 0. The number of carbonyl (C=O) groups excluding carboxylic acids is 2. The third kappa shape index (κ3) is 3.90. The minimum atomic E-state index is -0.386. The highest BCUT2D eigenvalue weighted by Crippen LogP contribution is 2.39. The van der Waals surface area contributed by atoms with E-state index in [1.54, 1.807) is 11.0 Å². The Morgan fingerprint density at radius 2 is 2.24 bits per heavy atom. The first-order valence-corrected chi connectivity index (χ1v) is 8.65. The molecule has 132 valence electrons. The van der Waals surface area contributed by atoms with Gasteiger partial charge in [0, 0.05) is 36.3 Å². The van der Waals surface area contributed by atoms with Gasteiger partial charge in [-0.05, 0) is 38.8 Å². The van der Waals surface area contributed by atoms with Gasteiger partial charge in [-0.25, -0.2) is 0 Å². The summed E-state index contributed by atoms with van der Waals surface area (Å²) in [6.07, 6.45) is 8.06. The molecule has 1 saturated carbocycles. The summed E-state index contributed by atoms with van der Waals surface area (Å²) in [6.45, 7) is 8.05. The fraction of sp³-hybridized carbons (Fsp3) is 0.421. The molecule has 0 aromatic carbocycles. The highest BCUT2D eigenvalue weighted by atomic mass is 16.2. The number of anilines is 1. The van der Waals surface area contributed by atoms with Gasteiger partial charge in [-0.1, -0.05) is 18.2 Å². The van der Waals surface area contributed by atoms with E-state index in [2.05, 4.69) is 22.1 Å². The van der Waals surface area contributed by atoms with Gasteiger partial charge in [-0.15, -0.1) is 0 Å². The molecule has 6 nitrogen and oxygen atoms in total. The van der Waals surface area contributed by atoms with Crippen molar-refractivity contribution in [1.82, 2.24) is 15.1 Å². The van der Waals surface area contributed by atoms with Crippen molar-refractivity contribution in [1.29, 1.82) is 0 Å². The number of aromatic amines is 1. The summed E-state index contributed by atoms with van der Waals surface area (Å²) < 4.78 is 0. The van der Waals surface area contributed by atoms with Crippen LogP contribution in [0.4, 0.5) is 5.82 Å². The maximum atomic E-state index is 12.5. The third-order valence-electron chi connectivity index (χ3n) is 4.71. The standard InChI is InChI=1S/C19H24N4O2/c1-4-12(3)8-15(5-2)23-11-14(9-18(23)24)19(25)20-17-10-16(21-22-17)13-6-7-13/h4-5,8,10,13-14H,2,6-7,9,11H2,1,3H3,(H2,20,21,22,25)/b12-4-,15-8+.